The highest BCUT2D eigenvalue weighted by Gasteiger charge is 2.30. The highest BCUT2D eigenvalue weighted by molar-refractivity contribution is 5.81. The van der Waals surface area contributed by atoms with Crippen LogP contribution in [-0.2, 0) is 11.2 Å². The SMILES string of the molecule is O=C(C1CCC1)N1CCCC(Cc2ccnc3ccncc23)CC1. The number of carbonyl (C=O) groups is 1. The summed E-state index contributed by atoms with van der Waals surface area (Å²) in [6, 6.07) is 4.11. The lowest BCUT2D eigenvalue weighted by molar-refractivity contribution is -0.138. The highest BCUT2D eigenvalue weighted by atomic mass is 16.2. The van der Waals surface area contributed by atoms with Gasteiger partial charge in [0.1, 0.15) is 0 Å². The van der Waals surface area contributed by atoms with Crippen molar-refractivity contribution in [2.45, 2.75) is 44.9 Å². The molecule has 2 aromatic rings. The van der Waals surface area contributed by atoms with E-state index < -0.39 is 0 Å². The Bertz CT molecular complexity index is 720. The van der Waals surface area contributed by atoms with E-state index in [0.717, 1.165) is 50.7 Å². The lowest BCUT2D eigenvalue weighted by Gasteiger charge is -2.31. The fourth-order valence-corrected chi connectivity index (χ4v) is 4.04. The van der Waals surface area contributed by atoms with Crippen LogP contribution >= 0.6 is 0 Å². The number of pyridine rings is 2. The summed E-state index contributed by atoms with van der Waals surface area (Å²) >= 11 is 0. The number of nitrogens with zero attached hydrogens (tertiary/aromatic N) is 3. The molecule has 0 spiro atoms. The first-order valence-corrected chi connectivity index (χ1v) is 9.27. The second kappa shape index (κ2) is 6.88. The Labute approximate surface area is 143 Å². The van der Waals surface area contributed by atoms with Gasteiger partial charge in [0.25, 0.3) is 0 Å². The first-order valence-electron chi connectivity index (χ1n) is 9.27. The minimum atomic E-state index is 0.330. The molecule has 2 aromatic heterocycles. The summed E-state index contributed by atoms with van der Waals surface area (Å²) in [5, 5.41) is 1.17. The molecule has 126 valence electrons. The van der Waals surface area contributed by atoms with Crippen LogP contribution in [0.5, 0.6) is 0 Å². The lowest BCUT2D eigenvalue weighted by atomic mass is 9.84. The Morgan fingerprint density at radius 3 is 2.83 bits per heavy atom. The molecule has 1 atom stereocenters. The summed E-state index contributed by atoms with van der Waals surface area (Å²) in [5.41, 5.74) is 2.37. The number of likely N-dealkylation sites (tertiary alicyclic amines) is 1. The molecule has 1 aliphatic heterocycles. The van der Waals surface area contributed by atoms with Crippen LogP contribution in [0.3, 0.4) is 0 Å². The largest absolute Gasteiger partial charge is 0.342 e. The maximum atomic E-state index is 12.5. The average molecular weight is 323 g/mol. The molecule has 3 heterocycles. The average Bonchev–Trinajstić information content (AvgIpc) is 2.79. The van der Waals surface area contributed by atoms with Crippen LogP contribution in [0.1, 0.15) is 44.1 Å². The molecule has 4 nitrogen and oxygen atoms in total. The van der Waals surface area contributed by atoms with Crippen molar-refractivity contribution in [2.24, 2.45) is 11.8 Å². The molecule has 0 bridgehead atoms. The van der Waals surface area contributed by atoms with Crippen molar-refractivity contribution in [1.82, 2.24) is 14.9 Å². The quantitative estimate of drug-likeness (QED) is 0.867. The monoisotopic (exact) mass is 323 g/mol. The second-order valence-electron chi connectivity index (χ2n) is 7.32. The van der Waals surface area contributed by atoms with E-state index >= 15 is 0 Å². The van der Waals surface area contributed by atoms with Gasteiger partial charge >= 0.3 is 0 Å². The van der Waals surface area contributed by atoms with Crippen LogP contribution < -0.4 is 0 Å². The molecule has 1 saturated heterocycles. The fourth-order valence-electron chi connectivity index (χ4n) is 4.04. The first kappa shape index (κ1) is 15.6. The van der Waals surface area contributed by atoms with E-state index in [2.05, 4.69) is 20.9 Å². The number of rotatable bonds is 3. The standard InChI is InChI=1S/C20H25N3O/c24-20(16-4-1-5-16)23-11-2-3-15(8-12-23)13-17-6-10-22-19-7-9-21-14-18(17)19/h6-7,9-10,14-16H,1-5,8,11-13H2. The molecule has 4 rings (SSSR count). The fraction of sp³-hybridized carbons (Fsp3) is 0.550. The Kier molecular flexibility index (Phi) is 4.46. The third-order valence-corrected chi connectivity index (χ3v) is 5.76. The highest BCUT2D eigenvalue weighted by Crippen LogP contribution is 2.30. The molecular formula is C20H25N3O. The van der Waals surface area contributed by atoms with Gasteiger partial charge in [0.15, 0.2) is 0 Å². The van der Waals surface area contributed by atoms with Gasteiger partial charge in [-0.25, -0.2) is 0 Å². The maximum Gasteiger partial charge on any atom is 0.225 e. The molecule has 1 amide bonds. The molecule has 1 saturated carbocycles. The van der Waals surface area contributed by atoms with Crippen molar-refractivity contribution in [1.29, 1.82) is 0 Å². The predicted octanol–water partition coefficient (Wildman–Crippen LogP) is 3.60. The van der Waals surface area contributed by atoms with Crippen LogP contribution in [-0.4, -0.2) is 33.9 Å². The summed E-state index contributed by atoms with van der Waals surface area (Å²) in [6.07, 6.45) is 13.6. The van der Waals surface area contributed by atoms with Crippen LogP contribution in [0.15, 0.2) is 30.7 Å². The molecule has 1 unspecified atom stereocenters. The topological polar surface area (TPSA) is 46.1 Å². The van der Waals surface area contributed by atoms with Gasteiger partial charge in [0.2, 0.25) is 5.91 Å². The number of aromatic nitrogens is 2. The normalized spacial score (nSPS) is 22.2. The molecule has 0 radical (unpaired) electrons. The van der Waals surface area contributed by atoms with E-state index in [1.54, 1.807) is 6.20 Å². The van der Waals surface area contributed by atoms with Crippen LogP contribution in [0, 0.1) is 11.8 Å². The Hall–Kier alpha value is -1.97. The van der Waals surface area contributed by atoms with E-state index in [-0.39, 0.29) is 0 Å². The van der Waals surface area contributed by atoms with Crippen molar-refractivity contribution in [2.75, 3.05) is 13.1 Å². The molecule has 0 N–H and O–H groups in total. The van der Waals surface area contributed by atoms with E-state index in [1.807, 2.05) is 18.5 Å². The number of carbonyl (C=O) groups excluding carboxylic acids is 1. The summed E-state index contributed by atoms with van der Waals surface area (Å²) in [6.45, 7) is 1.88. The Morgan fingerprint density at radius 1 is 1.08 bits per heavy atom. The number of fused-ring (bicyclic) bond motifs is 1. The minimum Gasteiger partial charge on any atom is -0.342 e. The van der Waals surface area contributed by atoms with Gasteiger partial charge in [-0.1, -0.05) is 6.42 Å². The van der Waals surface area contributed by atoms with Crippen molar-refractivity contribution >= 4 is 16.8 Å². The summed E-state index contributed by atoms with van der Waals surface area (Å²) in [5.74, 6) is 1.40. The Balaban J connectivity index is 1.43. The van der Waals surface area contributed by atoms with Gasteiger partial charge in [0.05, 0.1) is 5.52 Å². The molecule has 1 aliphatic carbocycles. The summed E-state index contributed by atoms with van der Waals surface area (Å²) < 4.78 is 0. The zero-order valence-corrected chi connectivity index (χ0v) is 14.2. The summed E-state index contributed by atoms with van der Waals surface area (Å²) in [4.78, 5) is 23.3. The van der Waals surface area contributed by atoms with Gasteiger partial charge in [-0.15, -0.1) is 0 Å². The number of hydrogen-bond donors (Lipinski definition) is 0. The molecule has 24 heavy (non-hydrogen) atoms. The Morgan fingerprint density at radius 2 is 2.00 bits per heavy atom. The molecule has 2 aliphatic rings. The lowest BCUT2D eigenvalue weighted by Crippen LogP contribution is -2.39. The van der Waals surface area contributed by atoms with Crippen molar-refractivity contribution in [3.05, 3.63) is 36.3 Å². The zero-order chi connectivity index (χ0) is 16.4. The van der Waals surface area contributed by atoms with Gasteiger partial charge in [-0.2, -0.15) is 0 Å². The van der Waals surface area contributed by atoms with Gasteiger partial charge in [0, 0.05) is 43.0 Å². The van der Waals surface area contributed by atoms with Crippen molar-refractivity contribution in [3.63, 3.8) is 0 Å². The first-order chi connectivity index (χ1) is 11.8. The molecule has 0 aromatic carbocycles. The van der Waals surface area contributed by atoms with Gasteiger partial charge in [-0.3, -0.25) is 14.8 Å². The van der Waals surface area contributed by atoms with Crippen molar-refractivity contribution < 1.29 is 4.79 Å². The van der Waals surface area contributed by atoms with E-state index in [9.17, 15) is 4.79 Å². The van der Waals surface area contributed by atoms with E-state index in [1.165, 1.54) is 23.8 Å². The summed E-state index contributed by atoms with van der Waals surface area (Å²) in [7, 11) is 0. The maximum absolute atomic E-state index is 12.5. The van der Waals surface area contributed by atoms with Crippen LogP contribution in [0.2, 0.25) is 0 Å². The van der Waals surface area contributed by atoms with Gasteiger partial charge in [-0.05, 0) is 62.1 Å². The van der Waals surface area contributed by atoms with Crippen molar-refractivity contribution in [3.8, 4) is 0 Å². The zero-order valence-electron chi connectivity index (χ0n) is 14.2. The van der Waals surface area contributed by atoms with Crippen LogP contribution in [0.25, 0.3) is 10.9 Å². The third kappa shape index (κ3) is 3.14. The smallest absolute Gasteiger partial charge is 0.225 e. The van der Waals surface area contributed by atoms with Crippen LogP contribution in [0.4, 0.5) is 0 Å². The molecular weight excluding hydrogens is 298 g/mol. The van der Waals surface area contributed by atoms with E-state index in [0.29, 0.717) is 17.7 Å². The third-order valence-electron chi connectivity index (χ3n) is 5.76. The number of hydrogen-bond acceptors (Lipinski definition) is 3. The second-order valence-corrected chi connectivity index (χ2v) is 7.32. The molecule has 4 heteroatoms. The predicted molar refractivity (Wildman–Crippen MR) is 94.5 cm³/mol. The number of amides is 1. The van der Waals surface area contributed by atoms with Gasteiger partial charge < -0.3 is 4.90 Å². The van der Waals surface area contributed by atoms with E-state index in [4.69, 9.17) is 0 Å². The minimum absolute atomic E-state index is 0.330. The molecule has 2 fully saturated rings.